The van der Waals surface area contributed by atoms with Gasteiger partial charge in [0.1, 0.15) is 11.6 Å². The molecule has 1 aromatic carbocycles. The van der Waals surface area contributed by atoms with E-state index in [-0.39, 0.29) is 11.7 Å². The van der Waals surface area contributed by atoms with Crippen molar-refractivity contribution < 1.29 is 14.6 Å². The normalized spacial score (nSPS) is 17.1. The number of carbonyl (C=O) groups is 1. The summed E-state index contributed by atoms with van der Waals surface area (Å²) in [6.45, 7) is 1.73. The number of para-hydroxylation sites is 2. The fourth-order valence-electron chi connectivity index (χ4n) is 2.83. The number of anilines is 2. The first-order valence-electron chi connectivity index (χ1n) is 7.52. The van der Waals surface area contributed by atoms with Gasteiger partial charge in [-0.05, 0) is 30.7 Å². The van der Waals surface area contributed by atoms with Crippen molar-refractivity contribution in [3.8, 4) is 5.75 Å². The molecule has 2 N–H and O–H groups in total. The van der Waals surface area contributed by atoms with E-state index in [0.717, 1.165) is 30.9 Å². The van der Waals surface area contributed by atoms with E-state index in [1.54, 1.807) is 19.2 Å². The standard InChI is InChI=1S/C17H19N3O3/c1-23-15-7-3-2-6-14(15)20-10-9-12(11-20)18-16-8-4-5-13(19-16)17(21)22/h2-8,12H,9-11H2,1H3,(H,18,19)(H,21,22). The molecule has 1 aromatic heterocycles. The number of hydrogen-bond acceptors (Lipinski definition) is 5. The lowest BCUT2D eigenvalue weighted by molar-refractivity contribution is 0.0690. The molecule has 0 bridgehead atoms. The second-order valence-corrected chi connectivity index (χ2v) is 5.46. The zero-order valence-electron chi connectivity index (χ0n) is 12.9. The summed E-state index contributed by atoms with van der Waals surface area (Å²) < 4.78 is 5.41. The summed E-state index contributed by atoms with van der Waals surface area (Å²) in [6.07, 6.45) is 0.955. The zero-order chi connectivity index (χ0) is 16.2. The predicted octanol–water partition coefficient (Wildman–Crippen LogP) is 2.48. The van der Waals surface area contributed by atoms with E-state index in [4.69, 9.17) is 9.84 Å². The Kier molecular flexibility index (Phi) is 4.32. The molecule has 6 nitrogen and oxygen atoms in total. The van der Waals surface area contributed by atoms with E-state index in [9.17, 15) is 4.79 Å². The number of ether oxygens (including phenoxy) is 1. The number of methoxy groups -OCH3 is 1. The maximum atomic E-state index is 11.0. The van der Waals surface area contributed by atoms with Crippen molar-refractivity contribution in [2.75, 3.05) is 30.4 Å². The smallest absolute Gasteiger partial charge is 0.354 e. The highest BCUT2D eigenvalue weighted by Crippen LogP contribution is 2.30. The lowest BCUT2D eigenvalue weighted by Crippen LogP contribution is -2.26. The van der Waals surface area contributed by atoms with Crippen LogP contribution in [0.3, 0.4) is 0 Å². The van der Waals surface area contributed by atoms with Gasteiger partial charge in [0.15, 0.2) is 5.69 Å². The van der Waals surface area contributed by atoms with E-state index in [0.29, 0.717) is 5.82 Å². The minimum atomic E-state index is -1.02. The molecule has 0 saturated carbocycles. The van der Waals surface area contributed by atoms with Crippen LogP contribution in [0, 0.1) is 0 Å². The molecule has 0 aliphatic carbocycles. The number of hydrogen-bond donors (Lipinski definition) is 2. The fourth-order valence-corrected chi connectivity index (χ4v) is 2.83. The summed E-state index contributed by atoms with van der Waals surface area (Å²) in [5, 5.41) is 12.3. The van der Waals surface area contributed by atoms with Crippen molar-refractivity contribution in [2.24, 2.45) is 0 Å². The monoisotopic (exact) mass is 313 g/mol. The Morgan fingerprint density at radius 2 is 2.13 bits per heavy atom. The molecule has 0 amide bonds. The second kappa shape index (κ2) is 6.56. The van der Waals surface area contributed by atoms with Gasteiger partial charge >= 0.3 is 5.97 Å². The van der Waals surface area contributed by atoms with E-state index in [2.05, 4.69) is 15.2 Å². The molecule has 0 radical (unpaired) electrons. The number of nitrogens with zero attached hydrogens (tertiary/aromatic N) is 2. The zero-order valence-corrected chi connectivity index (χ0v) is 12.9. The molecule has 6 heteroatoms. The van der Waals surface area contributed by atoms with Crippen LogP contribution in [-0.4, -0.2) is 42.3 Å². The summed E-state index contributed by atoms with van der Waals surface area (Å²) in [7, 11) is 1.67. The second-order valence-electron chi connectivity index (χ2n) is 5.46. The van der Waals surface area contributed by atoms with Crippen molar-refractivity contribution in [3.63, 3.8) is 0 Å². The van der Waals surface area contributed by atoms with E-state index in [1.807, 2.05) is 24.3 Å². The van der Waals surface area contributed by atoms with Crippen LogP contribution < -0.4 is 15.0 Å². The van der Waals surface area contributed by atoms with Crippen LogP contribution in [-0.2, 0) is 0 Å². The summed E-state index contributed by atoms with van der Waals surface area (Å²) in [6, 6.07) is 13.1. The van der Waals surface area contributed by atoms with Gasteiger partial charge in [-0.25, -0.2) is 9.78 Å². The Hall–Kier alpha value is -2.76. The Balaban J connectivity index is 1.68. The first kappa shape index (κ1) is 15.1. The number of aromatic nitrogens is 1. The number of carboxylic acids is 1. The topological polar surface area (TPSA) is 74.7 Å². The molecule has 1 saturated heterocycles. The molecule has 3 rings (SSSR count). The van der Waals surface area contributed by atoms with Gasteiger partial charge in [0, 0.05) is 19.1 Å². The van der Waals surface area contributed by atoms with Crippen LogP contribution in [0.4, 0.5) is 11.5 Å². The van der Waals surface area contributed by atoms with E-state index in [1.165, 1.54) is 6.07 Å². The number of nitrogens with one attached hydrogen (secondary N) is 1. The predicted molar refractivity (Wildman–Crippen MR) is 88.4 cm³/mol. The van der Waals surface area contributed by atoms with E-state index >= 15 is 0 Å². The molecule has 1 aliphatic heterocycles. The largest absolute Gasteiger partial charge is 0.495 e. The van der Waals surface area contributed by atoms with Crippen molar-refractivity contribution in [3.05, 3.63) is 48.2 Å². The molecule has 1 unspecified atom stereocenters. The van der Waals surface area contributed by atoms with Gasteiger partial charge in [-0.3, -0.25) is 0 Å². The molecule has 0 spiro atoms. The van der Waals surface area contributed by atoms with Gasteiger partial charge in [0.2, 0.25) is 0 Å². The molecule has 1 aliphatic rings. The van der Waals surface area contributed by atoms with Crippen molar-refractivity contribution in [1.29, 1.82) is 0 Å². The molecule has 1 fully saturated rings. The van der Waals surface area contributed by atoms with Crippen molar-refractivity contribution >= 4 is 17.5 Å². The number of aromatic carboxylic acids is 1. The minimum absolute atomic E-state index is 0.0505. The third-order valence-corrected chi connectivity index (χ3v) is 3.93. The Morgan fingerprint density at radius 1 is 1.30 bits per heavy atom. The third kappa shape index (κ3) is 3.36. The Morgan fingerprint density at radius 3 is 2.91 bits per heavy atom. The maximum Gasteiger partial charge on any atom is 0.354 e. The molecule has 23 heavy (non-hydrogen) atoms. The number of pyridine rings is 1. The van der Waals surface area contributed by atoms with Gasteiger partial charge in [-0.1, -0.05) is 18.2 Å². The van der Waals surface area contributed by atoms with Crippen LogP contribution in [0.25, 0.3) is 0 Å². The van der Waals surface area contributed by atoms with Crippen LogP contribution in [0.15, 0.2) is 42.5 Å². The van der Waals surface area contributed by atoms with Gasteiger partial charge in [0.05, 0.1) is 12.8 Å². The molecule has 2 heterocycles. The maximum absolute atomic E-state index is 11.0. The van der Waals surface area contributed by atoms with Crippen molar-refractivity contribution in [1.82, 2.24) is 4.98 Å². The molecule has 120 valence electrons. The van der Waals surface area contributed by atoms with Crippen LogP contribution in [0.5, 0.6) is 5.75 Å². The average molecular weight is 313 g/mol. The summed E-state index contributed by atoms with van der Waals surface area (Å²) in [5.41, 5.74) is 1.13. The highest BCUT2D eigenvalue weighted by atomic mass is 16.5. The molecular formula is C17H19N3O3. The molecule has 1 atom stereocenters. The SMILES string of the molecule is COc1ccccc1N1CCC(Nc2cccc(C(=O)O)n2)C1. The highest BCUT2D eigenvalue weighted by Gasteiger charge is 2.24. The number of benzene rings is 1. The Bertz CT molecular complexity index is 705. The van der Waals surface area contributed by atoms with Crippen LogP contribution >= 0.6 is 0 Å². The fraction of sp³-hybridized carbons (Fsp3) is 0.294. The number of rotatable bonds is 5. The summed E-state index contributed by atoms with van der Waals surface area (Å²) in [5.74, 6) is 0.437. The lowest BCUT2D eigenvalue weighted by atomic mass is 10.2. The average Bonchev–Trinajstić information content (AvgIpc) is 3.03. The third-order valence-electron chi connectivity index (χ3n) is 3.93. The minimum Gasteiger partial charge on any atom is -0.495 e. The van der Waals surface area contributed by atoms with Crippen LogP contribution in [0.2, 0.25) is 0 Å². The summed E-state index contributed by atoms with van der Waals surface area (Å²) >= 11 is 0. The van der Waals surface area contributed by atoms with Gasteiger partial charge in [0.25, 0.3) is 0 Å². The highest BCUT2D eigenvalue weighted by molar-refractivity contribution is 5.85. The van der Waals surface area contributed by atoms with Gasteiger partial charge in [-0.2, -0.15) is 0 Å². The van der Waals surface area contributed by atoms with E-state index < -0.39 is 5.97 Å². The first-order chi connectivity index (χ1) is 11.2. The Labute approximate surface area is 134 Å². The molecular weight excluding hydrogens is 294 g/mol. The first-order valence-corrected chi connectivity index (χ1v) is 7.52. The van der Waals surface area contributed by atoms with Gasteiger partial charge in [-0.15, -0.1) is 0 Å². The van der Waals surface area contributed by atoms with Crippen molar-refractivity contribution in [2.45, 2.75) is 12.5 Å². The summed E-state index contributed by atoms with van der Waals surface area (Å²) in [4.78, 5) is 17.4. The van der Waals surface area contributed by atoms with Gasteiger partial charge < -0.3 is 20.1 Å². The number of carboxylic acid groups (broad SMARTS) is 1. The molecule has 2 aromatic rings. The van der Waals surface area contributed by atoms with Crippen LogP contribution in [0.1, 0.15) is 16.9 Å². The quantitative estimate of drug-likeness (QED) is 0.883. The lowest BCUT2D eigenvalue weighted by Gasteiger charge is -2.21.